The van der Waals surface area contributed by atoms with Gasteiger partial charge in [0.15, 0.2) is 6.04 Å². The standard InChI is InChI=1S/C20H27N3OS.ClH/c1-22(17-11-5-6-12-18(17)23-13-7-8-14-23)20(24)19(21-15-25)16-9-3-2-4-10-16;/h2-4,9-10,17-19H,5-8,11-14H2,1H3;1H/t17-,18-,19?;/m1./s1. The monoisotopic (exact) mass is 393 g/mol. The maximum Gasteiger partial charge on any atom is 0.252 e. The predicted molar refractivity (Wildman–Crippen MR) is 111 cm³/mol. The summed E-state index contributed by atoms with van der Waals surface area (Å²) >= 11 is 4.81. The molecule has 3 atom stereocenters. The number of thiocarbonyl (C=S) groups is 1. The molecule has 0 radical (unpaired) electrons. The van der Waals surface area contributed by atoms with Crippen molar-refractivity contribution in [3.05, 3.63) is 35.9 Å². The molecule has 1 aliphatic heterocycles. The molecular weight excluding hydrogens is 366 g/mol. The lowest BCUT2D eigenvalue weighted by Gasteiger charge is -2.43. The minimum atomic E-state index is -0.579. The summed E-state index contributed by atoms with van der Waals surface area (Å²) in [6.45, 7) is 2.34. The maximum atomic E-state index is 13.2. The number of carbonyl (C=O) groups excluding carboxylic acids is 1. The first-order valence-corrected chi connectivity index (χ1v) is 9.76. The van der Waals surface area contributed by atoms with Crippen LogP contribution in [0.1, 0.15) is 50.1 Å². The molecule has 3 rings (SSSR count). The molecule has 1 aromatic carbocycles. The highest BCUT2D eigenvalue weighted by molar-refractivity contribution is 7.78. The molecule has 6 heteroatoms. The van der Waals surface area contributed by atoms with Crippen LogP contribution in [0.5, 0.6) is 0 Å². The van der Waals surface area contributed by atoms with Gasteiger partial charge in [0.25, 0.3) is 5.91 Å². The highest BCUT2D eigenvalue weighted by Gasteiger charge is 2.37. The number of rotatable bonds is 5. The van der Waals surface area contributed by atoms with Crippen LogP contribution >= 0.6 is 24.6 Å². The number of nitrogens with zero attached hydrogens (tertiary/aromatic N) is 3. The van der Waals surface area contributed by atoms with Crippen LogP contribution in [0.15, 0.2) is 35.3 Å². The lowest BCUT2D eigenvalue weighted by atomic mass is 9.87. The SMILES string of the molecule is CN(C(=O)C(N=C=S)c1ccccc1)[C@@H]1CCCC[C@H]1N1CCCC1.Cl. The van der Waals surface area contributed by atoms with Crippen LogP contribution in [0.4, 0.5) is 0 Å². The van der Waals surface area contributed by atoms with Gasteiger partial charge in [0.05, 0.1) is 5.16 Å². The van der Waals surface area contributed by atoms with Gasteiger partial charge in [0.2, 0.25) is 0 Å². The molecule has 1 heterocycles. The van der Waals surface area contributed by atoms with Crippen molar-refractivity contribution in [2.24, 2.45) is 4.99 Å². The second kappa shape index (κ2) is 10.2. The third-order valence-electron chi connectivity index (χ3n) is 5.68. The fraction of sp³-hybridized carbons (Fsp3) is 0.600. The predicted octanol–water partition coefficient (Wildman–Crippen LogP) is 4.12. The second-order valence-corrected chi connectivity index (χ2v) is 7.33. The van der Waals surface area contributed by atoms with E-state index in [1.807, 2.05) is 42.3 Å². The van der Waals surface area contributed by atoms with Gasteiger partial charge >= 0.3 is 0 Å². The van der Waals surface area contributed by atoms with Gasteiger partial charge in [-0.15, -0.1) is 12.4 Å². The van der Waals surface area contributed by atoms with E-state index in [1.165, 1.54) is 45.2 Å². The van der Waals surface area contributed by atoms with E-state index in [4.69, 9.17) is 12.2 Å². The number of amides is 1. The van der Waals surface area contributed by atoms with Crippen LogP contribution in [0.3, 0.4) is 0 Å². The average Bonchev–Trinajstić information content (AvgIpc) is 3.20. The fourth-order valence-electron chi connectivity index (χ4n) is 4.36. The van der Waals surface area contributed by atoms with E-state index in [0.29, 0.717) is 6.04 Å². The molecule has 1 saturated carbocycles. The topological polar surface area (TPSA) is 35.9 Å². The quantitative estimate of drug-likeness (QED) is 0.557. The highest BCUT2D eigenvalue weighted by atomic mass is 35.5. The molecule has 0 bridgehead atoms. The second-order valence-electron chi connectivity index (χ2n) is 7.14. The summed E-state index contributed by atoms with van der Waals surface area (Å²) in [6.07, 6.45) is 7.28. The first kappa shape index (κ1) is 21.0. The summed E-state index contributed by atoms with van der Waals surface area (Å²) in [5.74, 6) is 0.0275. The van der Waals surface area contributed by atoms with Gasteiger partial charge in [0.1, 0.15) is 0 Å². The Labute approximate surface area is 168 Å². The summed E-state index contributed by atoms with van der Waals surface area (Å²) in [7, 11) is 1.94. The molecule has 2 fully saturated rings. The smallest absolute Gasteiger partial charge is 0.252 e. The zero-order valence-electron chi connectivity index (χ0n) is 15.3. The Hall–Kier alpha value is -1.26. The molecule has 2 aliphatic rings. The van der Waals surface area contributed by atoms with Crippen molar-refractivity contribution in [1.29, 1.82) is 0 Å². The molecular formula is C20H28ClN3OS. The molecule has 1 amide bonds. The van der Waals surface area contributed by atoms with Crippen LogP contribution in [-0.4, -0.2) is 53.1 Å². The molecule has 0 spiro atoms. The molecule has 4 nitrogen and oxygen atoms in total. The van der Waals surface area contributed by atoms with Gasteiger partial charge in [-0.1, -0.05) is 43.2 Å². The van der Waals surface area contributed by atoms with Gasteiger partial charge in [0, 0.05) is 19.1 Å². The highest BCUT2D eigenvalue weighted by Crippen LogP contribution is 2.31. The Morgan fingerprint density at radius 2 is 1.85 bits per heavy atom. The Balaban J connectivity index is 0.00000243. The van der Waals surface area contributed by atoms with Crippen molar-refractivity contribution in [3.63, 3.8) is 0 Å². The summed E-state index contributed by atoms with van der Waals surface area (Å²) in [5.41, 5.74) is 0.880. The van der Waals surface area contributed by atoms with Crippen LogP contribution in [-0.2, 0) is 4.79 Å². The van der Waals surface area contributed by atoms with Crippen LogP contribution < -0.4 is 0 Å². The van der Waals surface area contributed by atoms with Gasteiger partial charge in [-0.2, -0.15) is 0 Å². The van der Waals surface area contributed by atoms with Gasteiger partial charge < -0.3 is 4.90 Å². The minimum Gasteiger partial charge on any atom is -0.339 e. The Morgan fingerprint density at radius 3 is 2.50 bits per heavy atom. The zero-order chi connectivity index (χ0) is 17.6. The summed E-state index contributed by atoms with van der Waals surface area (Å²) in [5, 5.41) is 2.42. The first-order chi connectivity index (χ1) is 12.2. The van der Waals surface area contributed by atoms with E-state index in [2.05, 4.69) is 15.1 Å². The number of likely N-dealkylation sites (N-methyl/N-ethyl adjacent to an activating group) is 1. The van der Waals surface area contributed by atoms with Gasteiger partial charge in [-0.05, 0) is 56.6 Å². The summed E-state index contributed by atoms with van der Waals surface area (Å²) in [4.78, 5) is 21.9. The Kier molecular flexibility index (Phi) is 8.23. The number of carbonyl (C=O) groups is 1. The van der Waals surface area contributed by atoms with Crippen molar-refractivity contribution in [2.75, 3.05) is 20.1 Å². The first-order valence-electron chi connectivity index (χ1n) is 9.35. The normalized spacial score (nSPS) is 24.2. The lowest BCUT2D eigenvalue weighted by Crippen LogP contribution is -2.53. The summed E-state index contributed by atoms with van der Waals surface area (Å²) in [6, 6.07) is 9.86. The number of hydrogen-bond donors (Lipinski definition) is 0. The van der Waals surface area contributed by atoms with Crippen molar-refractivity contribution >= 4 is 35.7 Å². The van der Waals surface area contributed by atoms with E-state index in [-0.39, 0.29) is 24.4 Å². The minimum absolute atomic E-state index is 0. The molecule has 142 valence electrons. The van der Waals surface area contributed by atoms with Crippen molar-refractivity contribution in [1.82, 2.24) is 9.80 Å². The molecule has 1 unspecified atom stereocenters. The van der Waals surface area contributed by atoms with E-state index in [1.54, 1.807) is 0 Å². The van der Waals surface area contributed by atoms with Crippen molar-refractivity contribution < 1.29 is 4.79 Å². The average molecular weight is 394 g/mol. The third kappa shape index (κ3) is 4.72. The number of hydrogen-bond acceptors (Lipinski definition) is 4. The number of halogens is 1. The third-order valence-corrected chi connectivity index (χ3v) is 5.79. The van der Waals surface area contributed by atoms with E-state index < -0.39 is 6.04 Å². The van der Waals surface area contributed by atoms with E-state index >= 15 is 0 Å². The molecule has 1 saturated heterocycles. The molecule has 26 heavy (non-hydrogen) atoms. The van der Waals surface area contributed by atoms with Crippen LogP contribution in [0.25, 0.3) is 0 Å². The van der Waals surface area contributed by atoms with Crippen molar-refractivity contribution in [3.8, 4) is 0 Å². The van der Waals surface area contributed by atoms with Gasteiger partial charge in [-0.25, -0.2) is 4.99 Å². The van der Waals surface area contributed by atoms with Gasteiger partial charge in [-0.3, -0.25) is 9.69 Å². The number of benzene rings is 1. The van der Waals surface area contributed by atoms with E-state index in [9.17, 15) is 4.79 Å². The Morgan fingerprint density at radius 1 is 1.19 bits per heavy atom. The van der Waals surface area contributed by atoms with Crippen LogP contribution in [0.2, 0.25) is 0 Å². The number of isothiocyanates is 1. The fourth-order valence-corrected chi connectivity index (χ4v) is 4.46. The summed E-state index contributed by atoms with van der Waals surface area (Å²) < 4.78 is 0. The lowest BCUT2D eigenvalue weighted by molar-refractivity contribution is -0.135. The van der Waals surface area contributed by atoms with Crippen molar-refractivity contribution in [2.45, 2.75) is 56.7 Å². The number of aliphatic imine (C=N–C) groups is 1. The molecule has 0 N–H and O–H groups in total. The maximum absolute atomic E-state index is 13.2. The van der Waals surface area contributed by atoms with E-state index in [0.717, 1.165) is 12.0 Å². The molecule has 1 aliphatic carbocycles. The zero-order valence-corrected chi connectivity index (χ0v) is 17.0. The van der Waals surface area contributed by atoms with Crippen LogP contribution in [0, 0.1) is 0 Å². The number of likely N-dealkylation sites (tertiary alicyclic amines) is 1. The largest absolute Gasteiger partial charge is 0.339 e. The Bertz CT molecular complexity index is 629. The molecule has 0 aromatic heterocycles. The molecule has 1 aromatic rings.